The van der Waals surface area contributed by atoms with Gasteiger partial charge in [-0.3, -0.25) is 9.36 Å². The molecule has 0 aliphatic carbocycles. The number of rotatable bonds is 5. The van der Waals surface area contributed by atoms with Gasteiger partial charge in [-0.1, -0.05) is 12.1 Å². The summed E-state index contributed by atoms with van der Waals surface area (Å²) in [7, 11) is 0. The maximum atomic E-state index is 11.6. The minimum atomic E-state index is -0.150. The maximum Gasteiger partial charge on any atom is 0.250 e. The number of hydrogen-bond acceptors (Lipinski definition) is 3. The Labute approximate surface area is 128 Å². The summed E-state index contributed by atoms with van der Waals surface area (Å²) in [6.07, 6.45) is 1.80. The van der Waals surface area contributed by atoms with Gasteiger partial charge in [-0.15, -0.1) is 0 Å². The van der Waals surface area contributed by atoms with Gasteiger partial charge in [0.05, 0.1) is 11.0 Å². The highest BCUT2D eigenvalue weighted by atomic mass is 16.5. The standard InChI is InChI=1S/C17H17N3O2/c1-2-22-11-17(21)19-13-7-9-14(10-8-13)20-12-18-15-5-3-4-6-16(15)20/h3-10,12H,2,11H2,1H3,(H,19,21). The zero-order valence-corrected chi connectivity index (χ0v) is 12.3. The summed E-state index contributed by atoms with van der Waals surface area (Å²) < 4.78 is 7.09. The molecule has 1 N–H and O–H groups in total. The van der Waals surface area contributed by atoms with Gasteiger partial charge in [0.25, 0.3) is 0 Å². The van der Waals surface area contributed by atoms with Gasteiger partial charge >= 0.3 is 0 Å². The molecule has 3 rings (SSSR count). The number of amides is 1. The number of para-hydroxylation sites is 2. The molecule has 0 bridgehead atoms. The Bertz CT molecular complexity index is 778. The third-order valence-corrected chi connectivity index (χ3v) is 3.32. The molecule has 22 heavy (non-hydrogen) atoms. The first-order chi connectivity index (χ1) is 10.8. The van der Waals surface area contributed by atoms with Crippen molar-refractivity contribution in [1.29, 1.82) is 0 Å². The van der Waals surface area contributed by atoms with Crippen LogP contribution in [0.15, 0.2) is 54.9 Å². The lowest BCUT2D eigenvalue weighted by Gasteiger charge is -2.08. The average molecular weight is 295 g/mol. The zero-order valence-electron chi connectivity index (χ0n) is 12.3. The fourth-order valence-electron chi connectivity index (χ4n) is 2.26. The SMILES string of the molecule is CCOCC(=O)Nc1ccc(-n2cnc3ccccc32)cc1. The molecule has 0 aliphatic rings. The fraction of sp³-hybridized carbons (Fsp3) is 0.176. The van der Waals surface area contributed by atoms with E-state index in [1.54, 1.807) is 6.33 Å². The first-order valence-corrected chi connectivity index (χ1v) is 7.18. The highest BCUT2D eigenvalue weighted by molar-refractivity contribution is 5.91. The van der Waals surface area contributed by atoms with Crippen molar-refractivity contribution in [1.82, 2.24) is 9.55 Å². The molecule has 1 aromatic heterocycles. The van der Waals surface area contributed by atoms with Crippen molar-refractivity contribution in [3.63, 3.8) is 0 Å². The molecule has 0 saturated heterocycles. The quantitative estimate of drug-likeness (QED) is 0.787. The van der Waals surface area contributed by atoms with E-state index in [9.17, 15) is 4.79 Å². The van der Waals surface area contributed by atoms with Crippen LogP contribution >= 0.6 is 0 Å². The molecule has 5 nitrogen and oxygen atoms in total. The van der Waals surface area contributed by atoms with Crippen molar-refractivity contribution in [2.24, 2.45) is 0 Å². The van der Waals surface area contributed by atoms with Gasteiger partial charge in [-0.25, -0.2) is 4.98 Å². The van der Waals surface area contributed by atoms with Crippen LogP contribution in [-0.2, 0) is 9.53 Å². The molecule has 112 valence electrons. The van der Waals surface area contributed by atoms with Crippen LogP contribution in [0.4, 0.5) is 5.69 Å². The summed E-state index contributed by atoms with van der Waals surface area (Å²) in [4.78, 5) is 16.0. The van der Waals surface area contributed by atoms with E-state index in [1.807, 2.05) is 60.0 Å². The molecule has 0 saturated carbocycles. The monoisotopic (exact) mass is 295 g/mol. The molecule has 0 fully saturated rings. The number of ether oxygens (including phenoxy) is 1. The minimum Gasteiger partial charge on any atom is -0.372 e. The second-order valence-corrected chi connectivity index (χ2v) is 4.84. The summed E-state index contributed by atoms with van der Waals surface area (Å²) in [6, 6.07) is 15.6. The van der Waals surface area contributed by atoms with E-state index < -0.39 is 0 Å². The maximum absolute atomic E-state index is 11.6. The van der Waals surface area contributed by atoms with E-state index in [0.29, 0.717) is 6.61 Å². The van der Waals surface area contributed by atoms with E-state index in [-0.39, 0.29) is 12.5 Å². The number of hydrogen-bond donors (Lipinski definition) is 1. The van der Waals surface area contributed by atoms with Gasteiger partial charge in [0.15, 0.2) is 0 Å². The van der Waals surface area contributed by atoms with Gasteiger partial charge in [0, 0.05) is 18.0 Å². The third-order valence-electron chi connectivity index (χ3n) is 3.32. The van der Waals surface area contributed by atoms with Crippen LogP contribution in [0, 0.1) is 0 Å². The molecule has 0 unspecified atom stereocenters. The second kappa shape index (κ2) is 6.41. The van der Waals surface area contributed by atoms with Crippen LogP contribution in [0.2, 0.25) is 0 Å². The second-order valence-electron chi connectivity index (χ2n) is 4.84. The summed E-state index contributed by atoms with van der Waals surface area (Å²) in [5.41, 5.74) is 3.75. The van der Waals surface area contributed by atoms with E-state index in [4.69, 9.17) is 4.74 Å². The lowest BCUT2D eigenvalue weighted by molar-refractivity contribution is -0.120. The van der Waals surface area contributed by atoms with Gasteiger partial charge in [-0.2, -0.15) is 0 Å². The zero-order chi connectivity index (χ0) is 15.4. The minimum absolute atomic E-state index is 0.0738. The molecule has 0 spiro atoms. The summed E-state index contributed by atoms with van der Waals surface area (Å²) in [5, 5.41) is 2.80. The first-order valence-electron chi connectivity index (χ1n) is 7.18. The van der Waals surface area contributed by atoms with Crippen molar-refractivity contribution in [2.45, 2.75) is 6.92 Å². The van der Waals surface area contributed by atoms with Gasteiger partial charge in [0.1, 0.15) is 12.9 Å². The number of anilines is 1. The predicted octanol–water partition coefficient (Wildman–Crippen LogP) is 3.00. The Morgan fingerprint density at radius 1 is 1.18 bits per heavy atom. The number of nitrogens with zero attached hydrogens (tertiary/aromatic N) is 2. The number of aromatic nitrogens is 2. The highest BCUT2D eigenvalue weighted by Crippen LogP contribution is 2.19. The topological polar surface area (TPSA) is 56.1 Å². The van der Waals surface area contributed by atoms with Crippen LogP contribution in [-0.4, -0.2) is 28.7 Å². The van der Waals surface area contributed by atoms with E-state index in [0.717, 1.165) is 22.4 Å². The number of nitrogens with one attached hydrogen (secondary N) is 1. The van der Waals surface area contributed by atoms with Crippen LogP contribution in [0.1, 0.15) is 6.92 Å². The van der Waals surface area contributed by atoms with E-state index in [1.165, 1.54) is 0 Å². The Balaban J connectivity index is 1.78. The smallest absolute Gasteiger partial charge is 0.250 e. The van der Waals surface area contributed by atoms with Crippen LogP contribution in [0.3, 0.4) is 0 Å². The van der Waals surface area contributed by atoms with Gasteiger partial charge < -0.3 is 10.1 Å². The molecule has 3 aromatic rings. The highest BCUT2D eigenvalue weighted by Gasteiger charge is 2.05. The van der Waals surface area contributed by atoms with Gasteiger partial charge in [0.2, 0.25) is 5.91 Å². The number of fused-ring (bicyclic) bond motifs is 1. The number of imidazole rings is 1. The van der Waals surface area contributed by atoms with Crippen molar-refractivity contribution < 1.29 is 9.53 Å². The number of benzene rings is 2. The lowest BCUT2D eigenvalue weighted by atomic mass is 10.2. The predicted molar refractivity (Wildman–Crippen MR) is 86.2 cm³/mol. The fourth-order valence-corrected chi connectivity index (χ4v) is 2.26. The van der Waals surface area contributed by atoms with Crippen LogP contribution in [0.25, 0.3) is 16.7 Å². The van der Waals surface area contributed by atoms with Crippen molar-refractivity contribution in [2.75, 3.05) is 18.5 Å². The largest absolute Gasteiger partial charge is 0.372 e. The van der Waals surface area contributed by atoms with Crippen LogP contribution in [0.5, 0.6) is 0 Å². The normalized spacial score (nSPS) is 10.8. The number of carbonyl (C=O) groups excluding carboxylic acids is 1. The molecule has 1 heterocycles. The molecule has 5 heteroatoms. The summed E-state index contributed by atoms with van der Waals surface area (Å²) in [6.45, 7) is 2.46. The molecule has 1 amide bonds. The van der Waals surface area contributed by atoms with Crippen molar-refractivity contribution in [3.8, 4) is 5.69 Å². The lowest BCUT2D eigenvalue weighted by Crippen LogP contribution is -2.18. The molecule has 0 radical (unpaired) electrons. The molecule has 0 atom stereocenters. The van der Waals surface area contributed by atoms with E-state index in [2.05, 4.69) is 10.3 Å². The third kappa shape index (κ3) is 2.99. The Hall–Kier alpha value is -2.66. The Morgan fingerprint density at radius 2 is 1.95 bits per heavy atom. The Morgan fingerprint density at radius 3 is 2.73 bits per heavy atom. The van der Waals surface area contributed by atoms with Crippen LogP contribution < -0.4 is 5.32 Å². The molecule has 2 aromatic carbocycles. The molecular weight excluding hydrogens is 278 g/mol. The first kappa shape index (κ1) is 14.3. The van der Waals surface area contributed by atoms with E-state index >= 15 is 0 Å². The average Bonchev–Trinajstić information content (AvgIpc) is 2.98. The summed E-state index contributed by atoms with van der Waals surface area (Å²) in [5.74, 6) is -0.150. The van der Waals surface area contributed by atoms with Crippen molar-refractivity contribution >= 4 is 22.6 Å². The molecule has 0 aliphatic heterocycles. The Kier molecular flexibility index (Phi) is 4.16. The van der Waals surface area contributed by atoms with Gasteiger partial charge in [-0.05, 0) is 43.3 Å². The van der Waals surface area contributed by atoms with Crippen molar-refractivity contribution in [3.05, 3.63) is 54.9 Å². The summed E-state index contributed by atoms with van der Waals surface area (Å²) >= 11 is 0. The molecular formula is C17H17N3O2. The number of carbonyl (C=O) groups is 1.